The molecule has 0 aliphatic heterocycles. The van der Waals surface area contributed by atoms with Gasteiger partial charge >= 0.3 is 0 Å². The summed E-state index contributed by atoms with van der Waals surface area (Å²) >= 11 is 0. The fourth-order valence-electron chi connectivity index (χ4n) is 3.47. The van der Waals surface area contributed by atoms with Gasteiger partial charge in [0.15, 0.2) is 0 Å². The Hall–Kier alpha value is -2.83. The molecule has 0 spiro atoms. The third-order valence-electron chi connectivity index (χ3n) is 4.68. The summed E-state index contributed by atoms with van der Waals surface area (Å²) < 4.78 is 5.52. The predicted molar refractivity (Wildman–Crippen MR) is 88.9 cm³/mol. The number of amides is 1. The molecule has 1 N–H and O–H groups in total. The van der Waals surface area contributed by atoms with Gasteiger partial charge < -0.3 is 9.88 Å². The number of nitrogens with one attached hydrogen (secondary N) is 1. The quantitative estimate of drug-likeness (QED) is 0.798. The minimum Gasteiger partial charge on any atom is -0.345 e. The number of fused-ring (bicyclic) bond motifs is 1. The molecule has 0 unspecified atom stereocenters. The van der Waals surface area contributed by atoms with Crippen LogP contribution in [0, 0.1) is 0 Å². The van der Waals surface area contributed by atoms with E-state index in [1.54, 1.807) is 10.9 Å². The lowest BCUT2D eigenvalue weighted by atomic mass is 9.93. The van der Waals surface area contributed by atoms with Crippen LogP contribution < -0.4 is 5.32 Å². The third-order valence-corrected chi connectivity index (χ3v) is 4.68. The summed E-state index contributed by atoms with van der Waals surface area (Å²) in [5.74, 6) is 0.660. The van der Waals surface area contributed by atoms with Crippen molar-refractivity contribution >= 4 is 5.91 Å². The Morgan fingerprint density at radius 2 is 1.92 bits per heavy atom. The lowest BCUT2D eigenvalue weighted by Gasteiger charge is -2.23. The first-order valence-corrected chi connectivity index (χ1v) is 8.12. The number of hydrogen-bond donors (Lipinski definition) is 1. The van der Waals surface area contributed by atoms with Gasteiger partial charge in [0.25, 0.3) is 5.91 Å². The maximum Gasteiger partial charge on any atom is 0.257 e. The van der Waals surface area contributed by atoms with Crippen molar-refractivity contribution in [2.24, 2.45) is 14.1 Å². The highest BCUT2D eigenvalue weighted by Crippen LogP contribution is 2.29. The minimum atomic E-state index is -0.103. The van der Waals surface area contributed by atoms with Crippen molar-refractivity contribution in [3.05, 3.63) is 53.7 Å². The summed E-state index contributed by atoms with van der Waals surface area (Å²) in [6.45, 7) is 0. The molecule has 0 saturated carbocycles. The van der Waals surface area contributed by atoms with Gasteiger partial charge in [-0.3, -0.25) is 14.2 Å². The van der Waals surface area contributed by atoms with Gasteiger partial charge in [0, 0.05) is 37.7 Å². The highest BCUT2D eigenvalue weighted by atomic mass is 16.1. The average Bonchev–Trinajstić information content (AvgIpc) is 3.28. The summed E-state index contributed by atoms with van der Waals surface area (Å²) in [4.78, 5) is 12.9. The zero-order valence-electron chi connectivity index (χ0n) is 13.8. The molecule has 0 radical (unpaired) electrons. The summed E-state index contributed by atoms with van der Waals surface area (Å²) in [5, 5.41) is 11.8. The van der Waals surface area contributed by atoms with E-state index in [-0.39, 0.29) is 11.9 Å². The number of aromatic nitrogens is 5. The lowest BCUT2D eigenvalue weighted by molar-refractivity contribution is 0.0932. The molecular formula is C17H20N6O. The second-order valence-electron chi connectivity index (χ2n) is 6.18. The lowest BCUT2D eigenvalue weighted by Crippen LogP contribution is -2.31. The van der Waals surface area contributed by atoms with Crippen LogP contribution in [0.25, 0.3) is 5.82 Å². The van der Waals surface area contributed by atoms with Crippen LogP contribution in [0.2, 0.25) is 0 Å². The van der Waals surface area contributed by atoms with E-state index in [0.717, 1.165) is 30.6 Å². The van der Waals surface area contributed by atoms with E-state index in [1.165, 1.54) is 5.69 Å². The topological polar surface area (TPSA) is 69.7 Å². The van der Waals surface area contributed by atoms with E-state index >= 15 is 0 Å². The molecule has 0 saturated heterocycles. The number of hydrogen-bond acceptors (Lipinski definition) is 3. The Kier molecular flexibility index (Phi) is 3.48. The molecule has 4 rings (SSSR count). The van der Waals surface area contributed by atoms with Crippen molar-refractivity contribution in [1.29, 1.82) is 0 Å². The fourth-order valence-corrected chi connectivity index (χ4v) is 3.47. The molecule has 0 bridgehead atoms. The van der Waals surface area contributed by atoms with E-state index in [9.17, 15) is 4.79 Å². The molecule has 124 valence electrons. The SMILES string of the molecule is Cn1ncc2c1CCC[C@H]2NC(=O)c1cnn(C)c1-n1cccc1. The first kappa shape index (κ1) is 14.7. The van der Waals surface area contributed by atoms with Crippen LogP contribution >= 0.6 is 0 Å². The molecular weight excluding hydrogens is 304 g/mol. The number of carbonyl (C=O) groups excluding carboxylic acids is 1. The average molecular weight is 324 g/mol. The van der Waals surface area contributed by atoms with Crippen LogP contribution in [0.1, 0.15) is 40.5 Å². The smallest absolute Gasteiger partial charge is 0.257 e. The van der Waals surface area contributed by atoms with Gasteiger partial charge in [-0.1, -0.05) is 0 Å². The van der Waals surface area contributed by atoms with Gasteiger partial charge in [-0.05, 0) is 31.4 Å². The molecule has 3 aromatic rings. The minimum absolute atomic E-state index is 0.00710. The number of carbonyl (C=O) groups is 1. The molecule has 0 aromatic carbocycles. The van der Waals surface area contributed by atoms with E-state index in [2.05, 4.69) is 15.5 Å². The Morgan fingerprint density at radius 1 is 1.17 bits per heavy atom. The molecule has 3 aromatic heterocycles. The van der Waals surface area contributed by atoms with Crippen LogP contribution in [0.3, 0.4) is 0 Å². The van der Waals surface area contributed by atoms with Gasteiger partial charge in [-0.2, -0.15) is 10.2 Å². The van der Waals surface area contributed by atoms with Gasteiger partial charge in [-0.15, -0.1) is 0 Å². The molecule has 1 aliphatic carbocycles. The second kappa shape index (κ2) is 5.67. The highest BCUT2D eigenvalue weighted by Gasteiger charge is 2.26. The maximum atomic E-state index is 12.9. The molecule has 1 atom stereocenters. The van der Waals surface area contributed by atoms with Crippen molar-refractivity contribution in [3.8, 4) is 5.82 Å². The Balaban J connectivity index is 1.63. The first-order valence-electron chi connectivity index (χ1n) is 8.12. The van der Waals surface area contributed by atoms with Crippen molar-refractivity contribution in [2.45, 2.75) is 25.3 Å². The van der Waals surface area contributed by atoms with Crippen molar-refractivity contribution < 1.29 is 4.79 Å². The van der Waals surface area contributed by atoms with E-state index in [4.69, 9.17) is 0 Å². The van der Waals surface area contributed by atoms with Gasteiger partial charge in [-0.25, -0.2) is 0 Å². The standard InChI is InChI=1S/C17H20N6O/c1-21-15-7-5-6-14(12(15)10-18-21)20-16(24)13-11-19-22(2)17(13)23-8-3-4-9-23/h3-4,8-11,14H,5-7H2,1-2H3,(H,20,24)/t14-/m1/s1. The van der Waals surface area contributed by atoms with Crippen molar-refractivity contribution in [3.63, 3.8) is 0 Å². The predicted octanol–water partition coefficient (Wildman–Crippen LogP) is 1.75. The van der Waals surface area contributed by atoms with Gasteiger partial charge in [0.1, 0.15) is 11.4 Å². The van der Waals surface area contributed by atoms with Crippen LogP contribution in [0.15, 0.2) is 36.9 Å². The molecule has 1 amide bonds. The highest BCUT2D eigenvalue weighted by molar-refractivity contribution is 5.97. The van der Waals surface area contributed by atoms with E-state index < -0.39 is 0 Å². The maximum absolute atomic E-state index is 12.9. The van der Waals surface area contributed by atoms with Crippen molar-refractivity contribution in [1.82, 2.24) is 29.4 Å². The molecule has 3 heterocycles. The van der Waals surface area contributed by atoms with Gasteiger partial charge in [0.05, 0.1) is 18.4 Å². The van der Waals surface area contributed by atoms with Crippen molar-refractivity contribution in [2.75, 3.05) is 0 Å². The molecule has 0 fully saturated rings. The third kappa shape index (κ3) is 2.33. The normalized spacial score (nSPS) is 16.8. The van der Waals surface area contributed by atoms with Gasteiger partial charge in [0.2, 0.25) is 0 Å². The van der Waals surface area contributed by atoms with E-state index in [0.29, 0.717) is 5.56 Å². The van der Waals surface area contributed by atoms with Crippen LogP contribution in [0.4, 0.5) is 0 Å². The number of rotatable bonds is 3. The van der Waals surface area contributed by atoms with E-state index in [1.807, 2.05) is 54.1 Å². The van der Waals surface area contributed by atoms with Crippen LogP contribution in [-0.2, 0) is 20.5 Å². The molecule has 24 heavy (non-hydrogen) atoms. The Morgan fingerprint density at radius 3 is 2.71 bits per heavy atom. The molecule has 7 nitrogen and oxygen atoms in total. The zero-order valence-corrected chi connectivity index (χ0v) is 13.8. The number of aryl methyl sites for hydroxylation is 2. The molecule has 7 heteroatoms. The monoisotopic (exact) mass is 324 g/mol. The zero-order chi connectivity index (χ0) is 16.7. The summed E-state index contributed by atoms with van der Waals surface area (Å²) in [5.41, 5.74) is 2.91. The Labute approximate surface area is 139 Å². The number of nitrogens with zero attached hydrogens (tertiary/aromatic N) is 5. The first-order chi connectivity index (χ1) is 11.6. The summed E-state index contributed by atoms with van der Waals surface area (Å²) in [6.07, 6.45) is 10.3. The van der Waals surface area contributed by atoms with Crippen LogP contribution in [-0.4, -0.2) is 30.0 Å². The Bertz CT molecular complexity index is 873. The fraction of sp³-hybridized carbons (Fsp3) is 0.353. The summed E-state index contributed by atoms with van der Waals surface area (Å²) in [6, 6.07) is 3.86. The second-order valence-corrected chi connectivity index (χ2v) is 6.18. The molecule has 1 aliphatic rings. The van der Waals surface area contributed by atoms with Crippen LogP contribution in [0.5, 0.6) is 0 Å². The largest absolute Gasteiger partial charge is 0.345 e. The summed E-state index contributed by atoms with van der Waals surface area (Å²) in [7, 11) is 3.79.